The van der Waals surface area contributed by atoms with E-state index in [9.17, 15) is 18.8 Å². The van der Waals surface area contributed by atoms with Crippen LogP contribution in [0.4, 0.5) is 19.7 Å². The van der Waals surface area contributed by atoms with Crippen molar-refractivity contribution >= 4 is 17.9 Å². The number of amides is 2. The van der Waals surface area contributed by atoms with Crippen molar-refractivity contribution in [2.75, 3.05) is 11.9 Å². The molecule has 0 fully saturated rings. The van der Waals surface area contributed by atoms with Crippen molar-refractivity contribution < 1.29 is 28.2 Å². The van der Waals surface area contributed by atoms with Crippen molar-refractivity contribution in [2.24, 2.45) is 0 Å². The molecule has 11 heteroatoms. The lowest BCUT2D eigenvalue weighted by atomic mass is 10.2. The summed E-state index contributed by atoms with van der Waals surface area (Å²) in [5.41, 5.74) is -1.79. The summed E-state index contributed by atoms with van der Waals surface area (Å²) in [6, 6.07) is 3.61. The van der Waals surface area contributed by atoms with Crippen LogP contribution >= 0.6 is 0 Å². The first kappa shape index (κ1) is 27.8. The van der Waals surface area contributed by atoms with Gasteiger partial charge in [-0.05, 0) is 72.2 Å². The maximum atomic E-state index is 14.4. The molecule has 0 unspecified atom stereocenters. The van der Waals surface area contributed by atoms with Crippen molar-refractivity contribution in [3.8, 4) is 5.82 Å². The first-order chi connectivity index (χ1) is 16.1. The van der Waals surface area contributed by atoms with Crippen LogP contribution in [0.25, 0.3) is 5.82 Å². The van der Waals surface area contributed by atoms with Gasteiger partial charge >= 0.3 is 12.2 Å². The second-order valence-corrected chi connectivity index (χ2v) is 9.94. The van der Waals surface area contributed by atoms with E-state index in [0.29, 0.717) is 5.56 Å². The Kier molecular flexibility index (Phi) is 8.97. The van der Waals surface area contributed by atoms with Gasteiger partial charge in [0.15, 0.2) is 11.6 Å². The lowest BCUT2D eigenvalue weighted by molar-refractivity contribution is 0.0441. The summed E-state index contributed by atoms with van der Waals surface area (Å²) in [6.45, 7) is 12.2. The number of nitrogens with zero attached hydrogens (tertiary/aromatic N) is 2. The Morgan fingerprint density at radius 2 is 1.74 bits per heavy atom. The predicted molar refractivity (Wildman–Crippen MR) is 128 cm³/mol. The van der Waals surface area contributed by atoms with E-state index in [2.05, 4.69) is 15.6 Å². The van der Waals surface area contributed by atoms with E-state index in [-0.39, 0.29) is 30.8 Å². The zero-order valence-corrected chi connectivity index (χ0v) is 21.1. The Morgan fingerprint density at radius 1 is 1.11 bits per heavy atom. The van der Waals surface area contributed by atoms with Gasteiger partial charge < -0.3 is 19.5 Å². The number of hydrogen-bond donors (Lipinski definition) is 2. The molecule has 10 nitrogen and oxygen atoms in total. The minimum Gasteiger partial charge on any atom is -0.444 e. The molecule has 0 radical (unpaired) electrons. The van der Waals surface area contributed by atoms with Crippen LogP contribution in [0.1, 0.15) is 54.0 Å². The average molecular weight is 493 g/mol. The fraction of sp³-hybridized carbons (Fsp3) is 0.500. The zero-order chi connectivity index (χ0) is 26.4. The number of halogens is 1. The summed E-state index contributed by atoms with van der Waals surface area (Å²) < 4.78 is 31.5. The molecule has 0 aromatic carbocycles. The van der Waals surface area contributed by atoms with Crippen LogP contribution in [-0.2, 0) is 20.8 Å². The van der Waals surface area contributed by atoms with Gasteiger partial charge in [-0.2, -0.15) is 0 Å². The van der Waals surface area contributed by atoms with Gasteiger partial charge in [0.1, 0.15) is 16.9 Å². The second kappa shape index (κ2) is 11.3. The third-order valence-electron chi connectivity index (χ3n) is 4.08. The highest BCUT2D eigenvalue weighted by Gasteiger charge is 2.20. The highest BCUT2D eigenvalue weighted by Crippen LogP contribution is 2.15. The molecule has 0 bridgehead atoms. The van der Waals surface area contributed by atoms with Crippen molar-refractivity contribution in [2.45, 2.75) is 72.3 Å². The molecule has 0 spiro atoms. The Hall–Kier alpha value is -3.47. The van der Waals surface area contributed by atoms with Gasteiger partial charge in [0.05, 0.1) is 19.3 Å². The van der Waals surface area contributed by atoms with Crippen LogP contribution in [0.5, 0.6) is 0 Å². The number of nitrogens with one attached hydrogen (secondary N) is 2. The molecule has 2 rings (SSSR count). The molecule has 0 saturated carbocycles. The van der Waals surface area contributed by atoms with Crippen LogP contribution in [0.3, 0.4) is 0 Å². The Morgan fingerprint density at radius 3 is 2.34 bits per heavy atom. The van der Waals surface area contributed by atoms with Gasteiger partial charge in [0.25, 0.3) is 5.56 Å². The van der Waals surface area contributed by atoms with Gasteiger partial charge in [0.2, 0.25) is 0 Å². The van der Waals surface area contributed by atoms with Crippen molar-refractivity contribution in [1.29, 1.82) is 0 Å². The number of carbonyl (C=O) groups is 2. The van der Waals surface area contributed by atoms with Gasteiger partial charge in [-0.15, -0.1) is 0 Å². The summed E-state index contributed by atoms with van der Waals surface area (Å²) in [5.74, 6) is -0.947. The largest absolute Gasteiger partial charge is 0.444 e. The standard InChI is InChI=1S/C24H33FN4O6/c1-15(27-21(31)34-23(2,3)4)13-33-14-16-11-18(28-22(32)35-24(5,6)7)20(30)29(12-16)19-17(25)9-8-10-26-19/h8-12,15H,13-14H2,1-7H3,(H,27,31)(H,28,32)/t15-/m1/s1. The first-order valence-electron chi connectivity index (χ1n) is 11.1. The molecule has 0 aliphatic rings. The molecule has 2 aromatic heterocycles. The second-order valence-electron chi connectivity index (χ2n) is 9.94. The molecule has 2 amide bonds. The van der Waals surface area contributed by atoms with Crippen LogP contribution in [0, 0.1) is 5.82 Å². The van der Waals surface area contributed by atoms with Gasteiger partial charge in [-0.3, -0.25) is 14.7 Å². The summed E-state index contributed by atoms with van der Waals surface area (Å²) in [7, 11) is 0. The molecular formula is C24H33FN4O6. The highest BCUT2D eigenvalue weighted by atomic mass is 19.1. The molecular weight excluding hydrogens is 459 g/mol. The van der Waals surface area contributed by atoms with E-state index in [1.165, 1.54) is 30.6 Å². The van der Waals surface area contributed by atoms with Gasteiger partial charge in [0, 0.05) is 12.4 Å². The molecule has 1 atom stereocenters. The number of rotatable bonds is 7. The number of pyridine rings is 2. The Labute approximate surface area is 203 Å². The summed E-state index contributed by atoms with van der Waals surface area (Å²) in [5, 5.41) is 5.07. The maximum Gasteiger partial charge on any atom is 0.412 e. The number of carbonyl (C=O) groups excluding carboxylic acids is 2. The third kappa shape index (κ3) is 9.36. The van der Waals surface area contributed by atoms with E-state index in [4.69, 9.17) is 14.2 Å². The van der Waals surface area contributed by atoms with E-state index in [1.54, 1.807) is 48.5 Å². The topological polar surface area (TPSA) is 121 Å². The molecule has 35 heavy (non-hydrogen) atoms. The molecule has 0 saturated heterocycles. The van der Waals surface area contributed by atoms with E-state index in [1.807, 2.05) is 0 Å². The zero-order valence-electron chi connectivity index (χ0n) is 21.1. The van der Waals surface area contributed by atoms with E-state index < -0.39 is 34.8 Å². The van der Waals surface area contributed by atoms with Gasteiger partial charge in [-0.1, -0.05) is 0 Å². The normalized spacial score (nSPS) is 12.6. The van der Waals surface area contributed by atoms with E-state index in [0.717, 1.165) is 4.57 Å². The summed E-state index contributed by atoms with van der Waals surface area (Å²) in [4.78, 5) is 41.1. The fourth-order valence-electron chi connectivity index (χ4n) is 2.84. The molecule has 192 valence electrons. The molecule has 0 aliphatic heterocycles. The predicted octanol–water partition coefficient (Wildman–Crippen LogP) is 4.15. The van der Waals surface area contributed by atoms with Gasteiger partial charge in [-0.25, -0.2) is 19.0 Å². The van der Waals surface area contributed by atoms with Crippen LogP contribution in [0.2, 0.25) is 0 Å². The Bertz CT molecular complexity index is 1100. The lowest BCUT2D eigenvalue weighted by Crippen LogP contribution is -2.39. The third-order valence-corrected chi connectivity index (χ3v) is 4.08. The lowest BCUT2D eigenvalue weighted by Gasteiger charge is -2.22. The highest BCUT2D eigenvalue weighted by molar-refractivity contribution is 5.84. The smallest absolute Gasteiger partial charge is 0.412 e. The molecule has 2 heterocycles. The van der Waals surface area contributed by atoms with Crippen molar-refractivity contribution in [3.63, 3.8) is 0 Å². The quantitative estimate of drug-likeness (QED) is 0.596. The summed E-state index contributed by atoms with van der Waals surface area (Å²) >= 11 is 0. The number of hydrogen-bond acceptors (Lipinski definition) is 7. The van der Waals surface area contributed by atoms with Crippen LogP contribution in [-0.4, -0.2) is 45.6 Å². The number of aromatic nitrogens is 2. The average Bonchev–Trinajstić information content (AvgIpc) is 2.67. The SMILES string of the molecule is C[C@H](COCc1cc(NC(=O)OC(C)(C)C)c(=O)n(-c2ncccc2F)c1)NC(=O)OC(C)(C)C. The minimum atomic E-state index is -0.837. The maximum absolute atomic E-state index is 14.4. The molecule has 0 aliphatic carbocycles. The minimum absolute atomic E-state index is 0.00192. The fourth-order valence-corrected chi connectivity index (χ4v) is 2.84. The Balaban J connectivity index is 2.21. The number of alkyl carbamates (subject to hydrolysis) is 1. The van der Waals surface area contributed by atoms with Crippen molar-refractivity contribution in [3.05, 3.63) is 52.3 Å². The monoisotopic (exact) mass is 492 g/mol. The van der Waals surface area contributed by atoms with Crippen molar-refractivity contribution in [1.82, 2.24) is 14.9 Å². The van der Waals surface area contributed by atoms with E-state index >= 15 is 0 Å². The van der Waals surface area contributed by atoms with Crippen LogP contribution < -0.4 is 16.2 Å². The molecule has 2 aromatic rings. The number of ether oxygens (including phenoxy) is 3. The van der Waals surface area contributed by atoms with Crippen LogP contribution in [0.15, 0.2) is 35.4 Å². The summed E-state index contributed by atoms with van der Waals surface area (Å²) in [6.07, 6.45) is 1.31. The first-order valence-corrected chi connectivity index (χ1v) is 11.1. The number of anilines is 1. The molecule has 2 N–H and O–H groups in total.